The van der Waals surface area contributed by atoms with Gasteiger partial charge in [-0.25, -0.2) is 0 Å². The van der Waals surface area contributed by atoms with Crippen molar-refractivity contribution in [3.8, 4) is 0 Å². The van der Waals surface area contributed by atoms with Crippen molar-refractivity contribution in [2.24, 2.45) is 5.92 Å². The van der Waals surface area contributed by atoms with Crippen LogP contribution >= 0.6 is 0 Å². The molecule has 2 rings (SSSR count). The van der Waals surface area contributed by atoms with Gasteiger partial charge in [0.1, 0.15) is 0 Å². The monoisotopic (exact) mass is 239 g/mol. The maximum absolute atomic E-state index is 6.27. The average Bonchev–Trinajstić information content (AvgIpc) is 3.14. The van der Waals surface area contributed by atoms with Crippen molar-refractivity contribution in [2.75, 3.05) is 13.7 Å². The van der Waals surface area contributed by atoms with Crippen LogP contribution in [0.25, 0.3) is 0 Å². The molecule has 2 heteroatoms. The number of hydrogen-bond donors (Lipinski definition) is 1. The molecule has 2 saturated carbocycles. The normalized spacial score (nSPS) is 26.5. The molecule has 17 heavy (non-hydrogen) atoms. The molecule has 0 spiro atoms. The number of hydrogen-bond acceptors (Lipinski definition) is 2. The predicted octanol–water partition coefficient (Wildman–Crippen LogP) is 3.50. The van der Waals surface area contributed by atoms with Gasteiger partial charge in [-0.05, 0) is 39.2 Å². The quantitative estimate of drug-likeness (QED) is 0.716. The fourth-order valence-electron chi connectivity index (χ4n) is 3.49. The summed E-state index contributed by atoms with van der Waals surface area (Å²) in [6.45, 7) is 3.01. The van der Waals surface area contributed by atoms with E-state index in [0.717, 1.165) is 12.5 Å². The molecule has 2 aliphatic carbocycles. The molecule has 2 fully saturated rings. The van der Waals surface area contributed by atoms with Crippen LogP contribution in [0.4, 0.5) is 0 Å². The van der Waals surface area contributed by atoms with Gasteiger partial charge in [0.15, 0.2) is 0 Å². The van der Waals surface area contributed by atoms with Crippen LogP contribution in [0, 0.1) is 5.92 Å². The van der Waals surface area contributed by atoms with Crippen molar-refractivity contribution >= 4 is 0 Å². The summed E-state index contributed by atoms with van der Waals surface area (Å²) in [7, 11) is 2.12. The summed E-state index contributed by atoms with van der Waals surface area (Å²) in [4.78, 5) is 0. The van der Waals surface area contributed by atoms with E-state index in [2.05, 4.69) is 19.3 Å². The highest BCUT2D eigenvalue weighted by Gasteiger charge is 2.41. The minimum absolute atomic E-state index is 0.141. The number of ether oxygens (including phenoxy) is 1. The molecular weight excluding hydrogens is 210 g/mol. The maximum atomic E-state index is 6.27. The molecule has 0 heterocycles. The Morgan fingerprint density at radius 3 is 2.29 bits per heavy atom. The fraction of sp³-hybridized carbons (Fsp3) is 1.00. The molecule has 0 bridgehead atoms. The highest BCUT2D eigenvalue weighted by Crippen LogP contribution is 2.40. The second-order valence-electron chi connectivity index (χ2n) is 5.93. The highest BCUT2D eigenvalue weighted by atomic mass is 16.5. The summed E-state index contributed by atoms with van der Waals surface area (Å²) in [6, 6.07) is 0.577. The van der Waals surface area contributed by atoms with Crippen LogP contribution in [-0.2, 0) is 4.74 Å². The molecule has 0 saturated heterocycles. The fourth-order valence-corrected chi connectivity index (χ4v) is 3.49. The van der Waals surface area contributed by atoms with Crippen LogP contribution in [0.5, 0.6) is 0 Å². The van der Waals surface area contributed by atoms with Gasteiger partial charge in [0.2, 0.25) is 0 Å². The van der Waals surface area contributed by atoms with E-state index in [1.807, 2.05) is 0 Å². The summed E-state index contributed by atoms with van der Waals surface area (Å²) in [6.07, 6.45) is 12.2. The summed E-state index contributed by atoms with van der Waals surface area (Å²) in [5, 5.41) is 3.57. The molecule has 0 aromatic heterocycles. The van der Waals surface area contributed by atoms with E-state index in [4.69, 9.17) is 4.74 Å². The van der Waals surface area contributed by atoms with Gasteiger partial charge in [0.25, 0.3) is 0 Å². The number of likely N-dealkylation sites (N-methyl/N-ethyl adjacent to an activating group) is 1. The Hall–Kier alpha value is -0.0800. The molecule has 1 unspecified atom stereocenters. The van der Waals surface area contributed by atoms with Crippen LogP contribution in [0.15, 0.2) is 0 Å². The number of rotatable bonds is 6. The van der Waals surface area contributed by atoms with Gasteiger partial charge in [0, 0.05) is 12.6 Å². The van der Waals surface area contributed by atoms with Crippen molar-refractivity contribution < 1.29 is 4.74 Å². The van der Waals surface area contributed by atoms with Crippen molar-refractivity contribution in [1.82, 2.24) is 5.32 Å². The van der Waals surface area contributed by atoms with Crippen molar-refractivity contribution in [3.05, 3.63) is 0 Å². The third kappa shape index (κ3) is 3.45. The SMILES string of the molecule is CCOC1(C(CC2CC2)NC)CCCCCC1. The standard InChI is InChI=1S/C15H29NO/c1-3-17-15(10-6-4-5-7-11-15)14(16-2)12-13-8-9-13/h13-14,16H,3-12H2,1-2H3. The third-order valence-electron chi connectivity index (χ3n) is 4.63. The first-order chi connectivity index (χ1) is 8.30. The Labute approximate surface area is 107 Å². The molecule has 0 amide bonds. The maximum Gasteiger partial charge on any atom is 0.0834 e. The second kappa shape index (κ2) is 6.19. The minimum Gasteiger partial charge on any atom is -0.374 e. The van der Waals surface area contributed by atoms with Crippen molar-refractivity contribution in [1.29, 1.82) is 0 Å². The molecule has 0 aromatic rings. The van der Waals surface area contributed by atoms with Crippen molar-refractivity contribution in [3.63, 3.8) is 0 Å². The van der Waals surface area contributed by atoms with Crippen molar-refractivity contribution in [2.45, 2.75) is 76.4 Å². The molecule has 0 aromatic carbocycles. The van der Waals surface area contributed by atoms with Crippen LogP contribution in [0.2, 0.25) is 0 Å². The first-order valence-corrected chi connectivity index (χ1v) is 7.62. The summed E-state index contributed by atoms with van der Waals surface area (Å²) in [5.74, 6) is 0.980. The Balaban J connectivity index is 2.04. The Bertz CT molecular complexity index is 217. The lowest BCUT2D eigenvalue weighted by Gasteiger charge is -2.40. The largest absolute Gasteiger partial charge is 0.374 e. The Morgan fingerprint density at radius 2 is 1.82 bits per heavy atom. The molecule has 0 aliphatic heterocycles. The molecule has 2 aliphatic rings. The van der Waals surface area contributed by atoms with E-state index in [0.29, 0.717) is 6.04 Å². The Morgan fingerprint density at radius 1 is 1.18 bits per heavy atom. The topological polar surface area (TPSA) is 21.3 Å². The molecule has 0 radical (unpaired) electrons. The molecule has 2 nitrogen and oxygen atoms in total. The summed E-state index contributed by atoms with van der Waals surface area (Å²) < 4.78 is 6.27. The van der Waals surface area contributed by atoms with Crippen LogP contribution in [-0.4, -0.2) is 25.3 Å². The van der Waals surface area contributed by atoms with Crippen LogP contribution < -0.4 is 5.32 Å². The van der Waals surface area contributed by atoms with E-state index >= 15 is 0 Å². The second-order valence-corrected chi connectivity index (χ2v) is 5.93. The first-order valence-electron chi connectivity index (χ1n) is 7.62. The van der Waals surface area contributed by atoms with Crippen LogP contribution in [0.1, 0.15) is 64.7 Å². The van der Waals surface area contributed by atoms with E-state index in [9.17, 15) is 0 Å². The summed E-state index contributed by atoms with van der Waals surface area (Å²) in [5.41, 5.74) is 0.141. The van der Waals surface area contributed by atoms with Gasteiger partial charge in [-0.3, -0.25) is 0 Å². The third-order valence-corrected chi connectivity index (χ3v) is 4.63. The molecule has 1 N–H and O–H groups in total. The highest BCUT2D eigenvalue weighted by molar-refractivity contribution is 4.96. The lowest BCUT2D eigenvalue weighted by Crippen LogP contribution is -2.51. The lowest BCUT2D eigenvalue weighted by molar-refractivity contribution is -0.0781. The van der Waals surface area contributed by atoms with Gasteiger partial charge in [0.05, 0.1) is 5.60 Å². The zero-order valence-corrected chi connectivity index (χ0v) is 11.6. The van der Waals surface area contributed by atoms with Crippen LogP contribution in [0.3, 0.4) is 0 Å². The predicted molar refractivity (Wildman–Crippen MR) is 72.2 cm³/mol. The average molecular weight is 239 g/mol. The zero-order valence-electron chi connectivity index (χ0n) is 11.6. The van der Waals surface area contributed by atoms with Gasteiger partial charge in [-0.1, -0.05) is 38.5 Å². The van der Waals surface area contributed by atoms with Gasteiger partial charge in [-0.15, -0.1) is 0 Å². The van der Waals surface area contributed by atoms with E-state index in [-0.39, 0.29) is 5.60 Å². The van der Waals surface area contributed by atoms with E-state index < -0.39 is 0 Å². The van der Waals surface area contributed by atoms with Gasteiger partial charge < -0.3 is 10.1 Å². The van der Waals surface area contributed by atoms with E-state index in [1.165, 1.54) is 57.8 Å². The molecule has 100 valence electrons. The molecule has 1 atom stereocenters. The van der Waals surface area contributed by atoms with Gasteiger partial charge >= 0.3 is 0 Å². The zero-order chi connectivity index (χ0) is 12.1. The smallest absolute Gasteiger partial charge is 0.0834 e. The van der Waals surface area contributed by atoms with E-state index in [1.54, 1.807) is 0 Å². The molecular formula is C15H29NO. The lowest BCUT2D eigenvalue weighted by atomic mass is 9.83. The minimum atomic E-state index is 0.141. The first kappa shape index (κ1) is 13.4. The number of nitrogens with one attached hydrogen (secondary N) is 1. The summed E-state index contributed by atoms with van der Waals surface area (Å²) >= 11 is 0. The van der Waals surface area contributed by atoms with Gasteiger partial charge in [-0.2, -0.15) is 0 Å². The Kier molecular flexibility index (Phi) is 4.87.